The maximum Gasteiger partial charge on any atom is 0.0518 e. The molecule has 426 valence electrons. The molecule has 0 spiro atoms. The van der Waals surface area contributed by atoms with Crippen molar-refractivity contribution in [3.05, 3.63) is 0 Å². The van der Waals surface area contributed by atoms with E-state index in [0.29, 0.717) is 30.5 Å². The highest BCUT2D eigenvalue weighted by molar-refractivity contribution is 4.75. The van der Waals surface area contributed by atoms with Crippen LogP contribution in [0.3, 0.4) is 0 Å². The molecule has 0 N–H and O–H groups in total. The Labute approximate surface area is 443 Å². The van der Waals surface area contributed by atoms with Crippen molar-refractivity contribution in [3.8, 4) is 0 Å². The molecule has 5 aliphatic heterocycles. The summed E-state index contributed by atoms with van der Waals surface area (Å²) in [6, 6.07) is 0. The summed E-state index contributed by atoms with van der Waals surface area (Å²) in [4.78, 5) is 15.2. The lowest BCUT2D eigenvalue weighted by Crippen LogP contribution is -2.44. The smallest absolute Gasteiger partial charge is 0.0518 e. The summed E-state index contributed by atoms with van der Waals surface area (Å²) in [5.74, 6) is 3.62. The fraction of sp³-hybridized carbons (Fsp3) is 1.00. The fourth-order valence-corrected chi connectivity index (χ4v) is 10.1. The predicted molar refractivity (Wildman–Crippen MR) is 306 cm³/mol. The Kier molecular flexibility index (Phi) is 43.1. The first-order valence-corrected chi connectivity index (χ1v) is 30.3. The van der Waals surface area contributed by atoms with Gasteiger partial charge in [0, 0.05) is 105 Å². The van der Waals surface area contributed by atoms with E-state index in [1.54, 1.807) is 0 Å². The van der Waals surface area contributed by atoms with E-state index in [0.717, 1.165) is 56.7 Å². The highest BCUT2D eigenvalue weighted by atomic mass is 16.5. The molecular formula is C60H126N6O5. The highest BCUT2D eigenvalue weighted by Crippen LogP contribution is 2.24. The van der Waals surface area contributed by atoms with Crippen LogP contribution >= 0.6 is 0 Å². The molecular weight excluding hydrogens is 885 g/mol. The zero-order chi connectivity index (χ0) is 52.7. The van der Waals surface area contributed by atoms with Crippen molar-refractivity contribution in [2.24, 2.45) is 23.7 Å². The molecule has 0 radical (unpaired) electrons. The highest BCUT2D eigenvalue weighted by Gasteiger charge is 2.21. The molecule has 2 atom stereocenters. The van der Waals surface area contributed by atoms with Gasteiger partial charge < -0.3 is 53.1 Å². The van der Waals surface area contributed by atoms with Crippen LogP contribution < -0.4 is 0 Å². The SMILES string of the molecule is CC(C)OCCCN1CCC(C(C)C)CC1.CC(C)OCCCN1CCCCC1.CC(C)OCCCN1CCC[C@H](C)C1.CC(C)OCCCN1CCN(C)CC1.CC1CCCN(CCCOC(C)C)C1. The molecule has 5 fully saturated rings. The molecule has 5 heterocycles. The van der Waals surface area contributed by atoms with Gasteiger partial charge in [-0.15, -0.1) is 0 Å². The molecule has 5 rings (SSSR count). The van der Waals surface area contributed by atoms with E-state index in [1.165, 1.54) is 201 Å². The lowest BCUT2D eigenvalue weighted by atomic mass is 9.87. The standard InChI is InChI=1S/C14H29NO.2C12H25NO.C11H24N2O.C11H23NO/c1-12(2)14-6-9-15(10-7-14)8-5-11-16-13(3)4;2*1-11(2)14-9-5-8-13-7-4-6-12(3)10-13;1-11(2)14-10-4-5-13-8-6-12(3)7-9-13;1-11(2)13-10-6-9-12-7-4-3-5-8-12/h12-14H,5-11H2,1-4H3;2*11-12H,4-10H2,1-3H3;11H,4-10H2,1-3H3;11H,3-10H2,1-2H3/t;12-;;;/m.0.../s1. The van der Waals surface area contributed by atoms with Crippen molar-refractivity contribution in [3.63, 3.8) is 0 Å². The average molecular weight is 1010 g/mol. The van der Waals surface area contributed by atoms with E-state index in [2.05, 4.69) is 133 Å². The normalized spacial score (nSPS) is 21.8. The van der Waals surface area contributed by atoms with Gasteiger partial charge in [0.15, 0.2) is 0 Å². The van der Waals surface area contributed by atoms with Crippen LogP contribution in [0.5, 0.6) is 0 Å². The van der Waals surface area contributed by atoms with Crippen LogP contribution in [-0.4, -0.2) is 211 Å². The van der Waals surface area contributed by atoms with Gasteiger partial charge in [-0.1, -0.05) is 34.1 Å². The van der Waals surface area contributed by atoms with E-state index in [-0.39, 0.29) is 0 Å². The molecule has 0 saturated carbocycles. The van der Waals surface area contributed by atoms with Gasteiger partial charge in [-0.05, 0) is 223 Å². The van der Waals surface area contributed by atoms with Gasteiger partial charge in [0.05, 0.1) is 30.5 Å². The molecule has 11 nitrogen and oxygen atoms in total. The Bertz CT molecular complexity index is 1090. The molecule has 11 heteroatoms. The first-order valence-electron chi connectivity index (χ1n) is 30.3. The second-order valence-electron chi connectivity index (χ2n) is 23.9. The third-order valence-electron chi connectivity index (χ3n) is 14.5. The van der Waals surface area contributed by atoms with E-state index in [1.807, 2.05) is 0 Å². The van der Waals surface area contributed by atoms with Gasteiger partial charge in [-0.2, -0.15) is 0 Å². The van der Waals surface area contributed by atoms with Crippen molar-refractivity contribution in [2.45, 2.75) is 217 Å². The van der Waals surface area contributed by atoms with Crippen molar-refractivity contribution < 1.29 is 23.7 Å². The Morgan fingerprint density at radius 2 is 0.634 bits per heavy atom. The van der Waals surface area contributed by atoms with E-state index >= 15 is 0 Å². The average Bonchev–Trinajstić information content (AvgIpc) is 3.33. The van der Waals surface area contributed by atoms with Gasteiger partial charge in [0.2, 0.25) is 0 Å². The van der Waals surface area contributed by atoms with Crippen LogP contribution in [0.25, 0.3) is 0 Å². The number of rotatable bonds is 26. The molecule has 71 heavy (non-hydrogen) atoms. The number of hydrogen-bond acceptors (Lipinski definition) is 11. The van der Waals surface area contributed by atoms with Crippen molar-refractivity contribution in [2.75, 3.05) is 151 Å². The summed E-state index contributed by atoms with van der Waals surface area (Å²) in [7, 11) is 2.19. The number of piperidine rings is 4. The van der Waals surface area contributed by atoms with Gasteiger partial charge >= 0.3 is 0 Å². The van der Waals surface area contributed by atoms with Crippen molar-refractivity contribution in [1.82, 2.24) is 29.4 Å². The lowest BCUT2D eigenvalue weighted by molar-refractivity contribution is 0.0655. The topological polar surface area (TPSA) is 65.6 Å². The minimum absolute atomic E-state index is 0.377. The number of nitrogens with zero attached hydrogens (tertiary/aromatic N) is 6. The Morgan fingerprint density at radius 3 is 0.944 bits per heavy atom. The molecule has 0 amide bonds. The number of piperazine rings is 1. The van der Waals surface area contributed by atoms with Crippen molar-refractivity contribution >= 4 is 0 Å². The second-order valence-corrected chi connectivity index (χ2v) is 23.9. The molecule has 0 aromatic rings. The van der Waals surface area contributed by atoms with E-state index < -0.39 is 0 Å². The van der Waals surface area contributed by atoms with Gasteiger partial charge in [0.1, 0.15) is 0 Å². The first kappa shape index (κ1) is 68.6. The van der Waals surface area contributed by atoms with Crippen LogP contribution in [0.4, 0.5) is 0 Å². The number of likely N-dealkylation sites (tertiary alicyclic amines) is 4. The number of likely N-dealkylation sites (N-methyl/N-ethyl adjacent to an activating group) is 1. The summed E-state index contributed by atoms with van der Waals surface area (Å²) in [5, 5.41) is 0. The summed E-state index contributed by atoms with van der Waals surface area (Å²) >= 11 is 0. The molecule has 5 saturated heterocycles. The van der Waals surface area contributed by atoms with E-state index in [9.17, 15) is 0 Å². The second kappa shape index (κ2) is 44.7. The summed E-state index contributed by atoms with van der Waals surface area (Å²) in [6.07, 6.45) is 20.4. The number of ether oxygens (including phenoxy) is 5. The van der Waals surface area contributed by atoms with E-state index in [4.69, 9.17) is 23.7 Å². The summed E-state index contributed by atoms with van der Waals surface area (Å²) in [6.45, 7) is 56.4. The molecule has 1 unspecified atom stereocenters. The summed E-state index contributed by atoms with van der Waals surface area (Å²) < 4.78 is 27.7. The Morgan fingerprint density at radius 1 is 0.338 bits per heavy atom. The lowest BCUT2D eigenvalue weighted by Gasteiger charge is -2.33. The maximum atomic E-state index is 5.57. The summed E-state index contributed by atoms with van der Waals surface area (Å²) in [5.41, 5.74) is 0. The quantitative estimate of drug-likeness (QED) is 0.0779. The van der Waals surface area contributed by atoms with Crippen LogP contribution in [0, 0.1) is 23.7 Å². The molecule has 0 bridgehead atoms. The molecule has 0 aromatic carbocycles. The molecule has 5 aliphatic rings. The van der Waals surface area contributed by atoms with Crippen LogP contribution in [0.15, 0.2) is 0 Å². The predicted octanol–water partition coefficient (Wildman–Crippen LogP) is 11.6. The van der Waals surface area contributed by atoms with Gasteiger partial charge in [-0.25, -0.2) is 0 Å². The zero-order valence-corrected chi connectivity index (χ0v) is 50.4. The van der Waals surface area contributed by atoms with Gasteiger partial charge in [-0.3, -0.25) is 0 Å². The fourth-order valence-electron chi connectivity index (χ4n) is 10.1. The van der Waals surface area contributed by atoms with Crippen molar-refractivity contribution in [1.29, 1.82) is 0 Å². The largest absolute Gasteiger partial charge is 0.379 e. The van der Waals surface area contributed by atoms with Crippen LogP contribution in [0.2, 0.25) is 0 Å². The van der Waals surface area contributed by atoms with Gasteiger partial charge in [0.25, 0.3) is 0 Å². The first-order chi connectivity index (χ1) is 33.9. The Balaban J connectivity index is 0.000000444. The van der Waals surface area contributed by atoms with Crippen LogP contribution in [0.1, 0.15) is 187 Å². The number of hydrogen-bond donors (Lipinski definition) is 0. The minimum Gasteiger partial charge on any atom is -0.379 e. The monoisotopic (exact) mass is 1010 g/mol. The molecule has 0 aliphatic carbocycles. The maximum absolute atomic E-state index is 5.57. The third kappa shape index (κ3) is 42.4. The Hall–Kier alpha value is -0.440. The van der Waals surface area contributed by atoms with Crippen LogP contribution in [-0.2, 0) is 23.7 Å². The zero-order valence-electron chi connectivity index (χ0n) is 50.4. The third-order valence-corrected chi connectivity index (χ3v) is 14.5. The molecule has 0 aromatic heterocycles. The minimum atomic E-state index is 0.377.